The van der Waals surface area contributed by atoms with Crippen molar-refractivity contribution in [2.24, 2.45) is 0 Å². The predicted molar refractivity (Wildman–Crippen MR) is 98.7 cm³/mol. The van der Waals surface area contributed by atoms with Gasteiger partial charge < -0.3 is 24.3 Å². The Balaban J connectivity index is 1.63. The summed E-state index contributed by atoms with van der Waals surface area (Å²) in [5.41, 5.74) is 1.75. The van der Waals surface area contributed by atoms with Crippen molar-refractivity contribution < 1.29 is 28.5 Å². The van der Waals surface area contributed by atoms with Crippen molar-refractivity contribution in [3.8, 4) is 17.2 Å². The summed E-state index contributed by atoms with van der Waals surface area (Å²) < 4.78 is 21.4. The van der Waals surface area contributed by atoms with Crippen molar-refractivity contribution in [1.82, 2.24) is 0 Å². The van der Waals surface area contributed by atoms with E-state index < -0.39 is 18.0 Å². The summed E-state index contributed by atoms with van der Waals surface area (Å²) in [4.78, 5) is 24.6. The Labute approximate surface area is 157 Å². The van der Waals surface area contributed by atoms with E-state index in [4.69, 9.17) is 18.9 Å². The topological polar surface area (TPSA) is 83.1 Å². The molecule has 1 aliphatic heterocycles. The van der Waals surface area contributed by atoms with Crippen molar-refractivity contribution in [2.75, 3.05) is 25.6 Å². The molecule has 1 heterocycles. The molecule has 1 atom stereocenters. The van der Waals surface area contributed by atoms with Gasteiger partial charge in [-0.1, -0.05) is 6.07 Å². The average Bonchev–Trinajstić information content (AvgIpc) is 2.68. The highest BCUT2D eigenvalue weighted by atomic mass is 16.6. The summed E-state index contributed by atoms with van der Waals surface area (Å²) >= 11 is 0. The summed E-state index contributed by atoms with van der Waals surface area (Å²) in [7, 11) is 1.53. The molecule has 1 N–H and O–H groups in total. The number of aryl methyl sites for hydroxylation is 1. The van der Waals surface area contributed by atoms with Crippen LogP contribution in [0.1, 0.15) is 22.8 Å². The van der Waals surface area contributed by atoms with Crippen LogP contribution in [-0.4, -0.2) is 38.3 Å². The van der Waals surface area contributed by atoms with Crippen LogP contribution in [-0.2, 0) is 9.53 Å². The van der Waals surface area contributed by atoms with E-state index in [2.05, 4.69) is 5.32 Å². The smallest absolute Gasteiger partial charge is 0.339 e. The number of amides is 1. The van der Waals surface area contributed by atoms with Crippen LogP contribution in [0.25, 0.3) is 0 Å². The van der Waals surface area contributed by atoms with Crippen molar-refractivity contribution in [3.05, 3.63) is 47.5 Å². The summed E-state index contributed by atoms with van der Waals surface area (Å²) in [5.74, 6) is 0.734. The van der Waals surface area contributed by atoms with Gasteiger partial charge in [0.15, 0.2) is 17.6 Å². The number of carbonyl (C=O) groups excluding carboxylic acids is 2. The van der Waals surface area contributed by atoms with Crippen LogP contribution >= 0.6 is 0 Å². The highest BCUT2D eigenvalue weighted by Crippen LogP contribution is 2.32. The first-order valence-corrected chi connectivity index (χ1v) is 8.54. The maximum Gasteiger partial charge on any atom is 0.339 e. The Bertz CT molecular complexity index is 864. The van der Waals surface area contributed by atoms with Gasteiger partial charge in [-0.25, -0.2) is 4.79 Å². The Kier molecular flexibility index (Phi) is 5.49. The summed E-state index contributed by atoms with van der Waals surface area (Å²) in [6, 6.07) is 10.1. The highest BCUT2D eigenvalue weighted by Gasteiger charge is 2.21. The minimum absolute atomic E-state index is 0.316. The third kappa shape index (κ3) is 4.31. The standard InChI is InChI=1S/C20H21NO6/c1-12-4-5-14(10-17(12)24-3)20(23)27-13(2)19(22)21-15-6-7-16-18(11-15)26-9-8-25-16/h4-7,10-11,13H,8-9H2,1-3H3,(H,21,22)/t13-/m1/s1. The van der Waals surface area contributed by atoms with Gasteiger partial charge in [-0.2, -0.15) is 0 Å². The second-order valence-electron chi connectivity index (χ2n) is 6.08. The van der Waals surface area contributed by atoms with Gasteiger partial charge in [0.05, 0.1) is 12.7 Å². The molecule has 3 rings (SSSR count). The fourth-order valence-corrected chi connectivity index (χ4v) is 2.59. The van der Waals surface area contributed by atoms with E-state index in [1.807, 2.05) is 6.92 Å². The first kappa shape index (κ1) is 18.6. The van der Waals surface area contributed by atoms with Crippen LogP contribution in [0, 0.1) is 6.92 Å². The van der Waals surface area contributed by atoms with E-state index in [1.54, 1.807) is 36.4 Å². The molecule has 1 aliphatic rings. The molecule has 2 aromatic rings. The molecule has 0 radical (unpaired) electrons. The molecule has 7 nitrogen and oxygen atoms in total. The van der Waals surface area contributed by atoms with E-state index in [0.717, 1.165) is 5.56 Å². The van der Waals surface area contributed by atoms with Gasteiger partial charge in [-0.05, 0) is 43.7 Å². The number of ether oxygens (including phenoxy) is 4. The van der Waals surface area contributed by atoms with Crippen molar-refractivity contribution >= 4 is 17.6 Å². The van der Waals surface area contributed by atoms with Gasteiger partial charge in [0.2, 0.25) is 0 Å². The van der Waals surface area contributed by atoms with E-state index in [9.17, 15) is 9.59 Å². The van der Waals surface area contributed by atoms with Crippen molar-refractivity contribution in [2.45, 2.75) is 20.0 Å². The maximum absolute atomic E-state index is 12.3. The zero-order valence-corrected chi connectivity index (χ0v) is 15.4. The lowest BCUT2D eigenvalue weighted by Crippen LogP contribution is -2.30. The Morgan fingerprint density at radius 3 is 2.56 bits per heavy atom. The molecule has 0 aliphatic carbocycles. The fraction of sp³-hybridized carbons (Fsp3) is 0.300. The summed E-state index contributed by atoms with van der Waals surface area (Å²) in [5, 5.41) is 2.70. The number of anilines is 1. The van der Waals surface area contributed by atoms with Crippen LogP contribution in [0.15, 0.2) is 36.4 Å². The highest BCUT2D eigenvalue weighted by molar-refractivity contribution is 5.97. The zero-order chi connectivity index (χ0) is 19.4. The molecule has 27 heavy (non-hydrogen) atoms. The molecule has 2 aromatic carbocycles. The largest absolute Gasteiger partial charge is 0.496 e. The van der Waals surface area contributed by atoms with Crippen LogP contribution in [0.4, 0.5) is 5.69 Å². The Morgan fingerprint density at radius 1 is 1.07 bits per heavy atom. The number of carbonyl (C=O) groups is 2. The third-order valence-corrected chi connectivity index (χ3v) is 4.11. The fourth-order valence-electron chi connectivity index (χ4n) is 2.59. The molecule has 0 bridgehead atoms. The number of rotatable bonds is 5. The number of fused-ring (bicyclic) bond motifs is 1. The second kappa shape index (κ2) is 7.99. The minimum atomic E-state index is -0.974. The lowest BCUT2D eigenvalue weighted by molar-refractivity contribution is -0.123. The lowest BCUT2D eigenvalue weighted by Gasteiger charge is -2.19. The Hall–Kier alpha value is -3.22. The van der Waals surface area contributed by atoms with Crippen LogP contribution in [0.5, 0.6) is 17.2 Å². The van der Waals surface area contributed by atoms with Gasteiger partial charge in [0, 0.05) is 11.8 Å². The SMILES string of the molecule is COc1cc(C(=O)O[C@H](C)C(=O)Nc2ccc3c(c2)OCCO3)ccc1C. The number of benzene rings is 2. The molecule has 0 aromatic heterocycles. The average molecular weight is 371 g/mol. The van der Waals surface area contributed by atoms with E-state index >= 15 is 0 Å². The zero-order valence-electron chi connectivity index (χ0n) is 15.4. The molecular formula is C20H21NO6. The predicted octanol–water partition coefficient (Wildman–Crippen LogP) is 2.96. The number of hydrogen-bond donors (Lipinski definition) is 1. The van der Waals surface area contributed by atoms with Crippen LogP contribution in [0.2, 0.25) is 0 Å². The van der Waals surface area contributed by atoms with Crippen molar-refractivity contribution in [1.29, 1.82) is 0 Å². The van der Waals surface area contributed by atoms with Crippen LogP contribution < -0.4 is 19.5 Å². The number of esters is 1. The second-order valence-corrected chi connectivity index (χ2v) is 6.08. The number of hydrogen-bond acceptors (Lipinski definition) is 6. The molecule has 142 valence electrons. The molecule has 1 amide bonds. The Morgan fingerprint density at radius 2 is 1.81 bits per heavy atom. The van der Waals surface area contributed by atoms with Gasteiger partial charge >= 0.3 is 5.97 Å². The molecular weight excluding hydrogens is 350 g/mol. The van der Waals surface area contributed by atoms with Crippen LogP contribution in [0.3, 0.4) is 0 Å². The first-order chi connectivity index (χ1) is 13.0. The third-order valence-electron chi connectivity index (χ3n) is 4.11. The van der Waals surface area contributed by atoms with Crippen molar-refractivity contribution in [3.63, 3.8) is 0 Å². The monoisotopic (exact) mass is 371 g/mol. The van der Waals surface area contributed by atoms with Gasteiger partial charge in [0.25, 0.3) is 5.91 Å². The summed E-state index contributed by atoms with van der Waals surface area (Å²) in [6.45, 7) is 4.34. The normalized spacial score (nSPS) is 13.4. The van der Waals surface area contributed by atoms with Gasteiger partial charge in [-0.15, -0.1) is 0 Å². The van der Waals surface area contributed by atoms with Gasteiger partial charge in [-0.3, -0.25) is 4.79 Å². The molecule has 7 heteroatoms. The first-order valence-electron chi connectivity index (χ1n) is 8.54. The van der Waals surface area contributed by atoms with E-state index in [-0.39, 0.29) is 0 Å². The molecule has 0 saturated carbocycles. The molecule has 0 fully saturated rings. The van der Waals surface area contributed by atoms with E-state index in [0.29, 0.717) is 41.7 Å². The number of methoxy groups -OCH3 is 1. The molecule has 0 spiro atoms. The minimum Gasteiger partial charge on any atom is -0.496 e. The maximum atomic E-state index is 12.3. The lowest BCUT2D eigenvalue weighted by atomic mass is 10.1. The summed E-state index contributed by atoms with van der Waals surface area (Å²) in [6.07, 6.45) is -0.974. The quantitative estimate of drug-likeness (QED) is 0.814. The van der Waals surface area contributed by atoms with Gasteiger partial charge in [0.1, 0.15) is 19.0 Å². The molecule has 0 saturated heterocycles. The number of nitrogens with one attached hydrogen (secondary N) is 1. The molecule has 0 unspecified atom stereocenters. The van der Waals surface area contributed by atoms with E-state index in [1.165, 1.54) is 14.0 Å².